The van der Waals surface area contributed by atoms with Crippen LogP contribution in [0, 0.1) is 5.82 Å². The van der Waals surface area contributed by atoms with E-state index in [1.807, 2.05) is 32.0 Å². The van der Waals surface area contributed by atoms with Gasteiger partial charge in [0.2, 0.25) is 5.96 Å². The lowest BCUT2D eigenvalue weighted by Gasteiger charge is -2.27. The van der Waals surface area contributed by atoms with Gasteiger partial charge in [0.15, 0.2) is 5.58 Å². The number of hydrogen-bond donors (Lipinski definition) is 4. The SMILES string of the molecule is CCN=CC(=CN)CNC(=O)C1=C(C)NC(Nc2nc3cccc(CC)c3o2)=NC1c1ccc(F)cc1Cl. The Morgan fingerprint density at radius 1 is 1.32 bits per heavy atom. The smallest absolute Gasteiger partial charge is 0.302 e. The minimum atomic E-state index is -0.836. The summed E-state index contributed by atoms with van der Waals surface area (Å²) in [6, 6.07) is 9.16. The lowest BCUT2D eigenvalue weighted by atomic mass is 9.95. The van der Waals surface area contributed by atoms with Crippen molar-refractivity contribution >= 4 is 46.8 Å². The number of hydrogen-bond acceptors (Lipinski definition) is 8. The zero-order chi connectivity index (χ0) is 27.2. The Morgan fingerprint density at radius 2 is 2.13 bits per heavy atom. The number of anilines is 1. The summed E-state index contributed by atoms with van der Waals surface area (Å²) in [4.78, 5) is 26.7. The molecule has 1 aliphatic heterocycles. The number of rotatable bonds is 8. The van der Waals surface area contributed by atoms with Crippen molar-refractivity contribution in [2.45, 2.75) is 33.2 Å². The molecule has 0 bridgehead atoms. The van der Waals surface area contributed by atoms with Crippen molar-refractivity contribution in [3.63, 3.8) is 0 Å². The summed E-state index contributed by atoms with van der Waals surface area (Å²) in [6.07, 6.45) is 3.79. The second-order valence-corrected chi connectivity index (χ2v) is 8.93. The van der Waals surface area contributed by atoms with Gasteiger partial charge in [-0.05, 0) is 44.0 Å². The molecule has 1 aliphatic rings. The molecule has 0 radical (unpaired) electrons. The largest absolute Gasteiger partial charge is 0.423 e. The van der Waals surface area contributed by atoms with Crippen molar-refractivity contribution in [3.05, 3.63) is 81.4 Å². The molecule has 0 saturated heterocycles. The fraction of sp³-hybridized carbons (Fsp3) is 0.259. The van der Waals surface area contributed by atoms with Gasteiger partial charge in [-0.25, -0.2) is 9.38 Å². The number of carbonyl (C=O) groups excluding carboxylic acids is 1. The first-order valence-corrected chi connectivity index (χ1v) is 12.6. The Hall–Kier alpha value is -4.18. The van der Waals surface area contributed by atoms with Crippen LogP contribution in [0.5, 0.6) is 0 Å². The highest BCUT2D eigenvalue weighted by Gasteiger charge is 2.31. The number of para-hydroxylation sites is 1. The lowest BCUT2D eigenvalue weighted by molar-refractivity contribution is -0.117. The topological polar surface area (TPSA) is 130 Å². The molecule has 0 aliphatic carbocycles. The first-order valence-electron chi connectivity index (χ1n) is 12.2. The van der Waals surface area contributed by atoms with Gasteiger partial charge in [0.25, 0.3) is 5.91 Å². The molecule has 4 rings (SSSR count). The maximum Gasteiger partial charge on any atom is 0.302 e. The van der Waals surface area contributed by atoms with Crippen molar-refractivity contribution in [1.29, 1.82) is 0 Å². The summed E-state index contributed by atoms with van der Waals surface area (Å²) >= 11 is 6.40. The molecular formula is C27H29ClFN7O2. The Labute approximate surface area is 224 Å². The fourth-order valence-corrected chi connectivity index (χ4v) is 4.33. The van der Waals surface area contributed by atoms with Crippen molar-refractivity contribution in [3.8, 4) is 0 Å². The van der Waals surface area contributed by atoms with Crippen molar-refractivity contribution in [2.24, 2.45) is 15.7 Å². The highest BCUT2D eigenvalue weighted by atomic mass is 35.5. The van der Waals surface area contributed by atoms with E-state index < -0.39 is 11.9 Å². The quantitative estimate of drug-likeness (QED) is 0.310. The third-order valence-corrected chi connectivity index (χ3v) is 6.28. The summed E-state index contributed by atoms with van der Waals surface area (Å²) in [6.45, 7) is 6.44. The number of aliphatic imine (C=N–C) groups is 2. The molecule has 3 aromatic rings. The Kier molecular flexibility index (Phi) is 8.42. The highest BCUT2D eigenvalue weighted by molar-refractivity contribution is 6.31. The van der Waals surface area contributed by atoms with Crippen LogP contribution in [-0.2, 0) is 11.2 Å². The second-order valence-electron chi connectivity index (χ2n) is 8.52. The molecule has 2 aromatic carbocycles. The minimum Gasteiger partial charge on any atom is -0.423 e. The molecule has 1 atom stereocenters. The van der Waals surface area contributed by atoms with E-state index in [9.17, 15) is 9.18 Å². The standard InChI is InChI=1S/C27H29ClFN7O2/c1-4-17-7-6-8-21-24(17)38-27(34-21)36-26-33-15(3)22(25(37)32-14-16(12-30)13-31-5-2)23(35-26)19-10-9-18(29)11-20(19)28/h6-13,23H,4-5,14,30H2,1-3H3,(H,32,37)(H2,33,34,35,36). The van der Waals surface area contributed by atoms with Crippen LogP contribution in [0.1, 0.15) is 37.9 Å². The number of amides is 1. The van der Waals surface area contributed by atoms with Crippen LogP contribution < -0.4 is 21.7 Å². The number of aryl methyl sites for hydroxylation is 1. The average molecular weight is 538 g/mol. The monoisotopic (exact) mass is 537 g/mol. The molecule has 0 saturated carbocycles. The lowest BCUT2D eigenvalue weighted by Crippen LogP contribution is -2.39. The zero-order valence-corrected chi connectivity index (χ0v) is 22.1. The van der Waals surface area contributed by atoms with Crippen LogP contribution in [-0.4, -0.2) is 36.2 Å². The molecule has 2 heterocycles. The Morgan fingerprint density at radius 3 is 2.84 bits per heavy atom. The zero-order valence-electron chi connectivity index (χ0n) is 21.3. The third kappa shape index (κ3) is 5.86. The molecule has 5 N–H and O–H groups in total. The van der Waals surface area contributed by atoms with Gasteiger partial charge < -0.3 is 20.8 Å². The summed E-state index contributed by atoms with van der Waals surface area (Å²) in [5.41, 5.74) is 10.1. The predicted octanol–water partition coefficient (Wildman–Crippen LogP) is 4.62. The third-order valence-electron chi connectivity index (χ3n) is 5.95. The van der Waals surface area contributed by atoms with Gasteiger partial charge in [0.1, 0.15) is 17.4 Å². The van der Waals surface area contributed by atoms with Crippen LogP contribution in [0.15, 0.2) is 73.8 Å². The van der Waals surface area contributed by atoms with E-state index >= 15 is 0 Å². The molecule has 0 fully saturated rings. The molecule has 198 valence electrons. The minimum absolute atomic E-state index is 0.144. The number of nitrogens with two attached hydrogens (primary N) is 1. The molecule has 11 heteroatoms. The normalized spacial score (nSPS) is 16.1. The van der Waals surface area contributed by atoms with Crippen LogP contribution in [0.3, 0.4) is 0 Å². The molecule has 1 unspecified atom stereocenters. The number of guanidine groups is 1. The average Bonchev–Trinajstić information content (AvgIpc) is 3.31. The van der Waals surface area contributed by atoms with Crippen LogP contribution in [0.25, 0.3) is 11.1 Å². The van der Waals surface area contributed by atoms with E-state index in [4.69, 9.17) is 26.7 Å². The number of benzene rings is 2. The molecule has 38 heavy (non-hydrogen) atoms. The predicted molar refractivity (Wildman–Crippen MR) is 149 cm³/mol. The van der Waals surface area contributed by atoms with E-state index in [-0.39, 0.29) is 23.5 Å². The summed E-state index contributed by atoms with van der Waals surface area (Å²) in [7, 11) is 0. The number of allylic oxidation sites excluding steroid dienone is 1. The molecular weight excluding hydrogens is 509 g/mol. The van der Waals surface area contributed by atoms with E-state index in [0.717, 1.165) is 12.0 Å². The number of carbonyl (C=O) groups is 1. The van der Waals surface area contributed by atoms with E-state index in [2.05, 4.69) is 25.9 Å². The summed E-state index contributed by atoms with van der Waals surface area (Å²) < 4.78 is 19.8. The maximum atomic E-state index is 13.8. The van der Waals surface area contributed by atoms with E-state index in [0.29, 0.717) is 46.0 Å². The van der Waals surface area contributed by atoms with Crippen LogP contribution >= 0.6 is 11.6 Å². The Balaban J connectivity index is 1.66. The molecule has 9 nitrogen and oxygen atoms in total. The number of nitrogens with zero attached hydrogens (tertiary/aromatic N) is 3. The maximum absolute atomic E-state index is 13.8. The number of fused-ring (bicyclic) bond motifs is 1. The van der Waals surface area contributed by atoms with Gasteiger partial charge in [-0.2, -0.15) is 4.98 Å². The van der Waals surface area contributed by atoms with E-state index in [1.54, 1.807) is 13.1 Å². The molecule has 1 aromatic heterocycles. The van der Waals surface area contributed by atoms with Crippen LogP contribution in [0.4, 0.5) is 10.4 Å². The first kappa shape index (κ1) is 26.9. The van der Waals surface area contributed by atoms with Crippen molar-refractivity contribution < 1.29 is 13.6 Å². The van der Waals surface area contributed by atoms with E-state index in [1.165, 1.54) is 24.4 Å². The number of aromatic nitrogens is 1. The highest BCUT2D eigenvalue weighted by Crippen LogP contribution is 2.35. The van der Waals surface area contributed by atoms with Crippen LogP contribution in [0.2, 0.25) is 5.02 Å². The summed E-state index contributed by atoms with van der Waals surface area (Å²) in [5, 5.41) is 9.17. The molecule has 0 spiro atoms. The first-order chi connectivity index (χ1) is 18.3. The molecule has 1 amide bonds. The van der Waals surface area contributed by atoms with Gasteiger partial charge in [0, 0.05) is 47.4 Å². The van der Waals surface area contributed by atoms with Gasteiger partial charge in [-0.1, -0.05) is 36.7 Å². The number of halogens is 2. The van der Waals surface area contributed by atoms with Gasteiger partial charge in [-0.3, -0.25) is 15.1 Å². The van der Waals surface area contributed by atoms with Gasteiger partial charge >= 0.3 is 6.01 Å². The van der Waals surface area contributed by atoms with Gasteiger partial charge in [0.05, 0.1) is 5.57 Å². The Bertz CT molecular complexity index is 1480. The summed E-state index contributed by atoms with van der Waals surface area (Å²) in [5.74, 6) is -0.582. The number of oxazole rings is 1. The van der Waals surface area contributed by atoms with Gasteiger partial charge in [-0.15, -0.1) is 0 Å². The second kappa shape index (κ2) is 11.9. The van der Waals surface area contributed by atoms with Crippen molar-refractivity contribution in [2.75, 3.05) is 18.4 Å². The fourth-order valence-electron chi connectivity index (χ4n) is 4.06. The number of nitrogens with one attached hydrogen (secondary N) is 3. The van der Waals surface area contributed by atoms with Crippen molar-refractivity contribution in [1.82, 2.24) is 15.6 Å².